The van der Waals surface area contributed by atoms with Crippen molar-refractivity contribution in [3.63, 3.8) is 0 Å². The van der Waals surface area contributed by atoms with Gasteiger partial charge in [0.05, 0.1) is 22.7 Å². The van der Waals surface area contributed by atoms with Gasteiger partial charge in [0, 0.05) is 11.6 Å². The molecule has 1 aromatic rings. The van der Waals surface area contributed by atoms with Gasteiger partial charge in [-0.1, -0.05) is 23.2 Å². The number of rotatable bonds is 3. The van der Waals surface area contributed by atoms with Crippen molar-refractivity contribution in [3.8, 4) is 0 Å². The Morgan fingerprint density at radius 3 is 2.89 bits per heavy atom. The summed E-state index contributed by atoms with van der Waals surface area (Å²) in [4.78, 5) is 12.0. The van der Waals surface area contributed by atoms with Gasteiger partial charge in [-0.2, -0.15) is 0 Å². The molecule has 0 radical (unpaired) electrons. The zero-order valence-electron chi connectivity index (χ0n) is 10.1. The van der Waals surface area contributed by atoms with Crippen molar-refractivity contribution in [2.24, 2.45) is 0 Å². The van der Waals surface area contributed by atoms with E-state index in [0.29, 0.717) is 15.6 Å². The summed E-state index contributed by atoms with van der Waals surface area (Å²) in [5.41, 5.74) is 0.436. The Hall–Kier alpha value is -0.770. The third kappa shape index (κ3) is 3.16. The highest BCUT2D eigenvalue weighted by atomic mass is 35.5. The topological polar surface area (TPSA) is 38.3 Å². The van der Waals surface area contributed by atoms with E-state index >= 15 is 0 Å². The van der Waals surface area contributed by atoms with E-state index in [0.717, 1.165) is 19.4 Å². The number of carbonyl (C=O) groups is 1. The van der Waals surface area contributed by atoms with Gasteiger partial charge in [0.2, 0.25) is 0 Å². The molecule has 1 aromatic carbocycles. The normalized spacial score (nSPS) is 20.7. The molecule has 5 heteroatoms. The van der Waals surface area contributed by atoms with E-state index in [2.05, 4.69) is 5.32 Å². The van der Waals surface area contributed by atoms with Crippen molar-refractivity contribution < 1.29 is 9.53 Å². The summed E-state index contributed by atoms with van der Waals surface area (Å²) >= 11 is 11.8. The first-order valence-corrected chi connectivity index (χ1v) is 6.71. The summed E-state index contributed by atoms with van der Waals surface area (Å²) in [5, 5.41) is 3.78. The molecule has 1 heterocycles. The van der Waals surface area contributed by atoms with Crippen LogP contribution in [0, 0.1) is 0 Å². The highest BCUT2D eigenvalue weighted by molar-refractivity contribution is 6.36. The molecule has 0 saturated carbocycles. The van der Waals surface area contributed by atoms with Gasteiger partial charge < -0.3 is 10.1 Å². The molecule has 1 amide bonds. The maximum Gasteiger partial charge on any atom is 0.253 e. The van der Waals surface area contributed by atoms with Crippen molar-refractivity contribution in [2.45, 2.75) is 31.9 Å². The number of ether oxygens (including phenoxy) is 1. The lowest BCUT2D eigenvalue weighted by Crippen LogP contribution is -2.40. The van der Waals surface area contributed by atoms with Crippen LogP contribution in [0.1, 0.15) is 30.1 Å². The SMILES string of the molecule is C[C@@H](NC(=O)c1ccc(Cl)cc1Cl)[C@H]1CCCO1. The molecule has 2 rings (SSSR count). The number of amides is 1. The lowest BCUT2D eigenvalue weighted by atomic mass is 10.1. The van der Waals surface area contributed by atoms with Crippen molar-refractivity contribution >= 4 is 29.1 Å². The first-order valence-electron chi connectivity index (χ1n) is 5.95. The fourth-order valence-corrected chi connectivity index (χ4v) is 2.54. The van der Waals surface area contributed by atoms with Crippen molar-refractivity contribution in [1.29, 1.82) is 0 Å². The monoisotopic (exact) mass is 287 g/mol. The summed E-state index contributed by atoms with van der Waals surface area (Å²) < 4.78 is 5.53. The number of nitrogens with one attached hydrogen (secondary N) is 1. The molecule has 1 aliphatic heterocycles. The summed E-state index contributed by atoms with van der Waals surface area (Å²) in [5.74, 6) is -0.195. The smallest absolute Gasteiger partial charge is 0.253 e. The van der Waals surface area contributed by atoms with Gasteiger partial charge >= 0.3 is 0 Å². The Balaban J connectivity index is 2.02. The zero-order valence-corrected chi connectivity index (χ0v) is 11.6. The molecular weight excluding hydrogens is 273 g/mol. The number of benzene rings is 1. The van der Waals surface area contributed by atoms with Gasteiger partial charge in [0.15, 0.2) is 0 Å². The highest BCUT2D eigenvalue weighted by Crippen LogP contribution is 2.21. The summed E-state index contributed by atoms with van der Waals surface area (Å²) in [6.45, 7) is 2.71. The van der Waals surface area contributed by atoms with Crippen molar-refractivity contribution in [2.75, 3.05) is 6.61 Å². The fraction of sp³-hybridized carbons (Fsp3) is 0.462. The van der Waals surface area contributed by atoms with Crippen LogP contribution in [0.25, 0.3) is 0 Å². The van der Waals surface area contributed by atoms with Gasteiger partial charge in [-0.25, -0.2) is 0 Å². The third-order valence-electron chi connectivity index (χ3n) is 3.06. The molecule has 1 aliphatic rings. The van der Waals surface area contributed by atoms with E-state index in [1.807, 2.05) is 6.92 Å². The molecule has 18 heavy (non-hydrogen) atoms. The highest BCUT2D eigenvalue weighted by Gasteiger charge is 2.24. The van der Waals surface area contributed by atoms with E-state index in [4.69, 9.17) is 27.9 Å². The maximum atomic E-state index is 12.0. The minimum Gasteiger partial charge on any atom is -0.376 e. The summed E-state index contributed by atoms with van der Waals surface area (Å²) in [6.07, 6.45) is 2.13. The van der Waals surface area contributed by atoms with E-state index in [1.54, 1.807) is 18.2 Å². The van der Waals surface area contributed by atoms with Crippen LogP contribution in [-0.4, -0.2) is 24.7 Å². The van der Waals surface area contributed by atoms with Crippen LogP contribution in [-0.2, 0) is 4.74 Å². The summed E-state index contributed by atoms with van der Waals surface area (Å²) in [6, 6.07) is 4.82. The third-order valence-corrected chi connectivity index (χ3v) is 3.60. The van der Waals surface area contributed by atoms with Crippen molar-refractivity contribution in [1.82, 2.24) is 5.32 Å². The largest absolute Gasteiger partial charge is 0.376 e. The molecule has 3 nitrogen and oxygen atoms in total. The van der Waals surface area contributed by atoms with Crippen LogP contribution in [0.15, 0.2) is 18.2 Å². The lowest BCUT2D eigenvalue weighted by molar-refractivity contribution is 0.0712. The van der Waals surface area contributed by atoms with Crippen LogP contribution in [0.5, 0.6) is 0 Å². The second-order valence-corrected chi connectivity index (χ2v) is 5.28. The average Bonchev–Trinajstić information content (AvgIpc) is 2.81. The molecule has 2 atom stereocenters. The van der Waals surface area contributed by atoms with Crippen LogP contribution in [0.2, 0.25) is 10.0 Å². The standard InChI is InChI=1S/C13H15Cl2NO2/c1-8(12-3-2-6-18-12)16-13(17)10-5-4-9(14)7-11(10)15/h4-5,7-8,12H,2-3,6H2,1H3,(H,16,17)/t8-,12-/m1/s1. The number of hydrogen-bond donors (Lipinski definition) is 1. The van der Waals surface area contributed by atoms with Gasteiger partial charge in [-0.3, -0.25) is 4.79 Å². The van der Waals surface area contributed by atoms with E-state index in [-0.39, 0.29) is 18.1 Å². The molecule has 0 aromatic heterocycles. The molecule has 0 unspecified atom stereocenters. The Kier molecular flexibility index (Phi) is 4.49. The maximum absolute atomic E-state index is 12.0. The van der Waals surface area contributed by atoms with E-state index < -0.39 is 0 Å². The van der Waals surface area contributed by atoms with Gasteiger partial charge in [0.25, 0.3) is 5.91 Å². The van der Waals surface area contributed by atoms with E-state index in [1.165, 1.54) is 0 Å². The summed E-state index contributed by atoms with van der Waals surface area (Å²) in [7, 11) is 0. The first-order chi connectivity index (χ1) is 8.58. The first kappa shape index (κ1) is 13.7. The molecule has 1 N–H and O–H groups in total. The quantitative estimate of drug-likeness (QED) is 0.926. The lowest BCUT2D eigenvalue weighted by Gasteiger charge is -2.20. The minimum atomic E-state index is -0.195. The van der Waals surface area contributed by atoms with Crippen LogP contribution >= 0.6 is 23.2 Å². The van der Waals surface area contributed by atoms with Crippen LogP contribution in [0.3, 0.4) is 0 Å². The second kappa shape index (κ2) is 5.91. The van der Waals surface area contributed by atoms with Gasteiger partial charge in [0.1, 0.15) is 0 Å². The molecule has 98 valence electrons. The Morgan fingerprint density at radius 1 is 1.50 bits per heavy atom. The van der Waals surface area contributed by atoms with Crippen molar-refractivity contribution in [3.05, 3.63) is 33.8 Å². The van der Waals surface area contributed by atoms with Crippen LogP contribution < -0.4 is 5.32 Å². The number of hydrogen-bond acceptors (Lipinski definition) is 2. The van der Waals surface area contributed by atoms with Crippen LogP contribution in [0.4, 0.5) is 0 Å². The fourth-order valence-electron chi connectivity index (χ4n) is 2.05. The van der Waals surface area contributed by atoms with Gasteiger partial charge in [-0.05, 0) is 38.0 Å². The predicted molar refractivity (Wildman–Crippen MR) is 72.4 cm³/mol. The second-order valence-electron chi connectivity index (χ2n) is 4.44. The Labute approximate surface area is 116 Å². The number of halogens is 2. The molecule has 1 saturated heterocycles. The Morgan fingerprint density at radius 2 is 2.28 bits per heavy atom. The molecule has 1 fully saturated rings. The molecule has 0 spiro atoms. The number of carbonyl (C=O) groups excluding carboxylic acids is 1. The molecular formula is C13H15Cl2NO2. The molecule has 0 bridgehead atoms. The van der Waals surface area contributed by atoms with Gasteiger partial charge in [-0.15, -0.1) is 0 Å². The predicted octanol–water partition coefficient (Wildman–Crippen LogP) is 3.29. The minimum absolute atomic E-state index is 0.0215. The average molecular weight is 288 g/mol. The van der Waals surface area contributed by atoms with E-state index in [9.17, 15) is 4.79 Å². The zero-order chi connectivity index (χ0) is 13.1. The Bertz CT molecular complexity index is 445. The molecule has 0 aliphatic carbocycles.